The Morgan fingerprint density at radius 2 is 1.87 bits per heavy atom. The molecule has 4 heteroatoms. The van der Waals surface area contributed by atoms with Crippen LogP contribution in [0, 0.1) is 23.7 Å². The summed E-state index contributed by atoms with van der Waals surface area (Å²) in [6.07, 6.45) is 8.07. The van der Waals surface area contributed by atoms with E-state index in [2.05, 4.69) is 20.8 Å². The minimum atomic E-state index is -0.645. The fraction of sp³-hybridized carbons (Fsp3) is 1.00. The fourth-order valence-electron chi connectivity index (χ4n) is 5.71. The Bertz CT molecular complexity index is 455. The SMILES string of the molecule is CCCC[C@H]1O[C@@H]2O[C@]3(C)CCC4[C@H](C)CCC([C@H]1C)[C@]42OO3. The smallest absolute Gasteiger partial charge is 0.201 e. The van der Waals surface area contributed by atoms with E-state index in [1.54, 1.807) is 0 Å². The lowest BCUT2D eigenvalue weighted by Gasteiger charge is -2.60. The highest BCUT2D eigenvalue weighted by molar-refractivity contribution is 5.09. The van der Waals surface area contributed by atoms with Crippen LogP contribution in [0.4, 0.5) is 0 Å². The number of rotatable bonds is 3. The second-order valence-corrected chi connectivity index (χ2v) is 8.59. The predicted molar refractivity (Wildman–Crippen MR) is 86.4 cm³/mol. The van der Waals surface area contributed by atoms with E-state index in [1.165, 1.54) is 25.7 Å². The number of fused-ring (bicyclic) bond motifs is 2. The molecule has 23 heavy (non-hydrogen) atoms. The van der Waals surface area contributed by atoms with Crippen molar-refractivity contribution in [3.63, 3.8) is 0 Å². The molecule has 0 aromatic heterocycles. The van der Waals surface area contributed by atoms with Crippen molar-refractivity contribution in [2.45, 2.75) is 96.4 Å². The van der Waals surface area contributed by atoms with Gasteiger partial charge in [-0.05, 0) is 50.4 Å². The first-order valence-electron chi connectivity index (χ1n) is 9.70. The molecule has 0 amide bonds. The molecule has 4 heterocycles. The van der Waals surface area contributed by atoms with E-state index in [9.17, 15) is 0 Å². The lowest BCUT2D eigenvalue weighted by molar-refractivity contribution is -0.571. The third-order valence-electron chi connectivity index (χ3n) is 7.14. The van der Waals surface area contributed by atoms with Gasteiger partial charge in [0.2, 0.25) is 5.79 Å². The molecule has 5 rings (SSSR count). The first-order chi connectivity index (χ1) is 11.0. The van der Waals surface area contributed by atoms with Crippen LogP contribution in [0.15, 0.2) is 0 Å². The highest BCUT2D eigenvalue weighted by Crippen LogP contribution is 2.60. The molecule has 1 spiro atoms. The van der Waals surface area contributed by atoms with Crippen LogP contribution in [-0.2, 0) is 19.2 Å². The molecule has 0 aromatic carbocycles. The van der Waals surface area contributed by atoms with Gasteiger partial charge in [0, 0.05) is 12.3 Å². The summed E-state index contributed by atoms with van der Waals surface area (Å²) in [6.45, 7) is 8.96. The number of unbranched alkanes of at least 4 members (excludes halogenated alkanes) is 1. The van der Waals surface area contributed by atoms with E-state index >= 15 is 0 Å². The molecule has 0 aromatic rings. The van der Waals surface area contributed by atoms with Crippen LogP contribution in [0.3, 0.4) is 0 Å². The second-order valence-electron chi connectivity index (χ2n) is 8.59. The maximum atomic E-state index is 6.53. The predicted octanol–water partition coefficient (Wildman–Crippen LogP) is 4.43. The van der Waals surface area contributed by atoms with Crippen molar-refractivity contribution in [3.05, 3.63) is 0 Å². The van der Waals surface area contributed by atoms with Crippen molar-refractivity contribution in [1.29, 1.82) is 0 Å². The molecule has 5 aliphatic rings. The van der Waals surface area contributed by atoms with Crippen LogP contribution >= 0.6 is 0 Å². The van der Waals surface area contributed by atoms with Crippen molar-refractivity contribution < 1.29 is 19.2 Å². The van der Waals surface area contributed by atoms with Crippen molar-refractivity contribution >= 4 is 0 Å². The molecular formula is C19H32O4. The van der Waals surface area contributed by atoms with E-state index in [0.29, 0.717) is 23.7 Å². The van der Waals surface area contributed by atoms with Gasteiger partial charge in [-0.2, -0.15) is 0 Å². The van der Waals surface area contributed by atoms with Gasteiger partial charge in [0.05, 0.1) is 6.10 Å². The molecule has 1 saturated carbocycles. The van der Waals surface area contributed by atoms with Crippen LogP contribution in [0.1, 0.15) is 72.6 Å². The quantitative estimate of drug-likeness (QED) is 0.720. The molecule has 4 nitrogen and oxygen atoms in total. The number of hydrogen-bond acceptors (Lipinski definition) is 4. The van der Waals surface area contributed by atoms with E-state index < -0.39 is 11.4 Å². The van der Waals surface area contributed by atoms with E-state index in [4.69, 9.17) is 19.2 Å². The van der Waals surface area contributed by atoms with Crippen molar-refractivity contribution in [2.75, 3.05) is 0 Å². The van der Waals surface area contributed by atoms with Crippen LogP contribution in [0.5, 0.6) is 0 Å². The molecule has 2 unspecified atom stereocenters. The van der Waals surface area contributed by atoms with Crippen LogP contribution < -0.4 is 0 Å². The average Bonchev–Trinajstić information content (AvgIpc) is 2.76. The van der Waals surface area contributed by atoms with Crippen LogP contribution in [0.2, 0.25) is 0 Å². The lowest BCUT2D eigenvalue weighted by atomic mass is 9.57. The van der Waals surface area contributed by atoms with Crippen LogP contribution in [-0.4, -0.2) is 23.8 Å². The van der Waals surface area contributed by atoms with Gasteiger partial charge in [-0.3, -0.25) is 0 Å². The minimum absolute atomic E-state index is 0.264. The molecule has 5 fully saturated rings. The summed E-state index contributed by atoms with van der Waals surface area (Å²) in [5, 5.41) is 0. The third-order valence-corrected chi connectivity index (χ3v) is 7.14. The summed E-state index contributed by atoms with van der Waals surface area (Å²) in [4.78, 5) is 12.0. The molecule has 4 saturated heterocycles. The van der Waals surface area contributed by atoms with Gasteiger partial charge in [-0.15, -0.1) is 0 Å². The second kappa shape index (κ2) is 5.69. The normalized spacial score (nSPS) is 55.3. The Morgan fingerprint density at radius 3 is 2.65 bits per heavy atom. The Labute approximate surface area is 140 Å². The number of hydrogen-bond donors (Lipinski definition) is 0. The van der Waals surface area contributed by atoms with Gasteiger partial charge in [0.15, 0.2) is 11.9 Å². The zero-order valence-corrected chi connectivity index (χ0v) is 15.0. The number of ether oxygens (including phenoxy) is 2. The zero-order chi connectivity index (χ0) is 16.2. The molecule has 4 aliphatic heterocycles. The average molecular weight is 324 g/mol. The van der Waals surface area contributed by atoms with Crippen molar-refractivity contribution in [3.8, 4) is 0 Å². The summed E-state index contributed by atoms with van der Waals surface area (Å²) in [7, 11) is 0. The molecule has 0 radical (unpaired) electrons. The topological polar surface area (TPSA) is 36.9 Å². The minimum Gasteiger partial charge on any atom is -0.346 e. The summed E-state index contributed by atoms with van der Waals surface area (Å²) in [5.74, 6) is 1.46. The van der Waals surface area contributed by atoms with Gasteiger partial charge in [0.1, 0.15) is 0 Å². The van der Waals surface area contributed by atoms with Gasteiger partial charge >= 0.3 is 0 Å². The first-order valence-corrected chi connectivity index (χ1v) is 9.70. The summed E-state index contributed by atoms with van der Waals surface area (Å²) in [5.41, 5.74) is -0.393. The summed E-state index contributed by atoms with van der Waals surface area (Å²) >= 11 is 0. The summed E-state index contributed by atoms with van der Waals surface area (Å²) in [6, 6.07) is 0. The molecule has 1 aliphatic carbocycles. The molecule has 8 atom stereocenters. The van der Waals surface area contributed by atoms with E-state index in [-0.39, 0.29) is 12.4 Å². The van der Waals surface area contributed by atoms with Gasteiger partial charge in [0.25, 0.3) is 0 Å². The van der Waals surface area contributed by atoms with E-state index in [1.807, 2.05) is 6.92 Å². The van der Waals surface area contributed by atoms with Gasteiger partial charge in [-0.25, -0.2) is 9.78 Å². The maximum Gasteiger partial charge on any atom is 0.201 e. The van der Waals surface area contributed by atoms with Crippen molar-refractivity contribution in [2.24, 2.45) is 23.7 Å². The van der Waals surface area contributed by atoms with Crippen LogP contribution in [0.25, 0.3) is 0 Å². The Morgan fingerprint density at radius 1 is 1.04 bits per heavy atom. The lowest BCUT2D eigenvalue weighted by Crippen LogP contribution is -2.70. The Balaban J connectivity index is 1.70. The largest absolute Gasteiger partial charge is 0.346 e. The molecule has 0 N–H and O–H groups in total. The highest BCUT2D eigenvalue weighted by Gasteiger charge is 2.69. The monoisotopic (exact) mass is 324 g/mol. The molecule has 132 valence electrons. The maximum absolute atomic E-state index is 6.53. The third kappa shape index (κ3) is 2.32. The van der Waals surface area contributed by atoms with Gasteiger partial charge < -0.3 is 9.47 Å². The first kappa shape index (κ1) is 16.3. The fourth-order valence-corrected chi connectivity index (χ4v) is 5.71. The van der Waals surface area contributed by atoms with E-state index in [0.717, 1.165) is 19.3 Å². The highest BCUT2D eigenvalue weighted by atomic mass is 17.3. The summed E-state index contributed by atoms with van der Waals surface area (Å²) < 4.78 is 12.9. The zero-order valence-electron chi connectivity index (χ0n) is 15.0. The molecular weight excluding hydrogens is 292 g/mol. The standard InChI is InChI=1S/C19H32O4/c1-5-6-7-16-13(3)15-9-8-12(2)14-10-11-18(4)21-17(20-16)19(14,15)23-22-18/h12-17H,5-11H2,1-4H3/t12-,13-,14?,15?,16-,17-,18+,19-/m1/s1. The van der Waals surface area contributed by atoms with Gasteiger partial charge in [-0.1, -0.05) is 33.6 Å². The Hall–Kier alpha value is -0.160. The molecule has 2 bridgehead atoms. The Kier molecular flexibility index (Phi) is 4.03. The van der Waals surface area contributed by atoms with Crippen molar-refractivity contribution in [1.82, 2.24) is 0 Å².